The summed E-state index contributed by atoms with van der Waals surface area (Å²) in [6.07, 6.45) is 0.261. The Balaban J connectivity index is 1.68. The lowest BCUT2D eigenvalue weighted by molar-refractivity contribution is -0.137. The van der Waals surface area contributed by atoms with Gasteiger partial charge in [-0.1, -0.05) is 20.8 Å². The zero-order valence-corrected chi connectivity index (χ0v) is 22.0. The quantitative estimate of drug-likeness (QED) is 0.526. The van der Waals surface area contributed by atoms with E-state index in [0.29, 0.717) is 24.6 Å². The molecule has 36 heavy (non-hydrogen) atoms. The summed E-state index contributed by atoms with van der Waals surface area (Å²) in [5, 5.41) is 0. The number of thiazole rings is 1. The van der Waals surface area contributed by atoms with Crippen molar-refractivity contribution in [1.82, 2.24) is 9.47 Å². The highest BCUT2D eigenvalue weighted by Gasteiger charge is 2.32. The number of amides is 1. The van der Waals surface area contributed by atoms with E-state index in [4.69, 9.17) is 9.47 Å². The lowest BCUT2D eigenvalue weighted by Gasteiger charge is -2.16. The van der Waals surface area contributed by atoms with Crippen LogP contribution in [0.5, 0.6) is 5.75 Å². The number of alkyl halides is 3. The van der Waals surface area contributed by atoms with E-state index in [1.54, 1.807) is 0 Å². The standard InChI is InChI=1S/C26H34F3N3O3S/c1-25(2,3)22-15-32(14-19-6-5-11-34-19)24(36-22)30-23(33)20-12-18(26(27,28)29)7-8-21(20)35-16-17-9-10-31(4)13-17/h7-8,12,15,17,19H,5-6,9-11,13-14,16H2,1-4H3/b30-24-/t17-,19+/m0/s1. The normalized spacial score (nSPS) is 21.9. The molecule has 0 N–H and O–H groups in total. The van der Waals surface area contributed by atoms with E-state index >= 15 is 0 Å². The van der Waals surface area contributed by atoms with Gasteiger partial charge in [-0.3, -0.25) is 4.79 Å². The highest BCUT2D eigenvalue weighted by molar-refractivity contribution is 7.09. The summed E-state index contributed by atoms with van der Waals surface area (Å²) in [6.45, 7) is 9.58. The first kappa shape index (κ1) is 26.9. The molecule has 0 radical (unpaired) electrons. The third-order valence-corrected chi connectivity index (χ3v) is 8.03. The van der Waals surface area contributed by atoms with E-state index in [1.165, 1.54) is 17.4 Å². The highest BCUT2D eigenvalue weighted by atomic mass is 32.1. The molecule has 0 aliphatic carbocycles. The van der Waals surface area contributed by atoms with Gasteiger partial charge in [-0.05, 0) is 56.5 Å². The van der Waals surface area contributed by atoms with Crippen molar-refractivity contribution in [2.24, 2.45) is 10.9 Å². The first-order chi connectivity index (χ1) is 16.9. The third kappa shape index (κ3) is 6.58. The molecule has 2 saturated heterocycles. The smallest absolute Gasteiger partial charge is 0.416 e. The molecule has 2 atom stereocenters. The number of hydrogen-bond donors (Lipinski definition) is 0. The van der Waals surface area contributed by atoms with Crippen molar-refractivity contribution >= 4 is 17.2 Å². The average Bonchev–Trinajstić information content (AvgIpc) is 3.54. The van der Waals surface area contributed by atoms with Gasteiger partial charge in [-0.15, -0.1) is 11.3 Å². The van der Waals surface area contributed by atoms with Gasteiger partial charge < -0.3 is 18.9 Å². The Labute approximate surface area is 213 Å². The van der Waals surface area contributed by atoms with Crippen LogP contribution >= 0.6 is 11.3 Å². The first-order valence-electron chi connectivity index (χ1n) is 12.3. The fourth-order valence-electron chi connectivity index (χ4n) is 4.47. The number of ether oxygens (including phenoxy) is 2. The largest absolute Gasteiger partial charge is 0.492 e. The summed E-state index contributed by atoms with van der Waals surface area (Å²) in [5.41, 5.74) is -1.24. The number of rotatable bonds is 6. The Morgan fingerprint density at radius 3 is 2.64 bits per heavy atom. The minimum atomic E-state index is -4.58. The Bertz CT molecular complexity index is 1140. The summed E-state index contributed by atoms with van der Waals surface area (Å²) in [5.74, 6) is -0.356. The fourth-order valence-corrected chi connectivity index (χ4v) is 5.52. The molecule has 2 fully saturated rings. The molecule has 3 heterocycles. The maximum absolute atomic E-state index is 13.5. The van der Waals surface area contributed by atoms with Gasteiger partial charge in [0.25, 0.3) is 5.91 Å². The molecule has 0 bridgehead atoms. The molecular formula is C26H34F3N3O3S. The van der Waals surface area contributed by atoms with E-state index in [-0.39, 0.29) is 28.7 Å². The summed E-state index contributed by atoms with van der Waals surface area (Å²) in [7, 11) is 2.02. The van der Waals surface area contributed by atoms with E-state index in [2.05, 4.69) is 30.7 Å². The first-order valence-corrected chi connectivity index (χ1v) is 13.2. The van der Waals surface area contributed by atoms with E-state index in [1.807, 2.05) is 17.8 Å². The van der Waals surface area contributed by atoms with Gasteiger partial charge >= 0.3 is 6.18 Å². The number of aromatic nitrogens is 1. The molecule has 2 aromatic rings. The van der Waals surface area contributed by atoms with Crippen molar-refractivity contribution in [1.29, 1.82) is 0 Å². The van der Waals surface area contributed by atoms with Gasteiger partial charge in [0.1, 0.15) is 5.75 Å². The van der Waals surface area contributed by atoms with E-state index in [0.717, 1.165) is 49.4 Å². The number of hydrogen-bond acceptors (Lipinski definition) is 5. The van der Waals surface area contributed by atoms with Gasteiger partial charge in [0, 0.05) is 30.1 Å². The average molecular weight is 526 g/mol. The predicted molar refractivity (Wildman–Crippen MR) is 132 cm³/mol. The fraction of sp³-hybridized carbons (Fsp3) is 0.615. The minimum absolute atomic E-state index is 0.0264. The van der Waals surface area contributed by atoms with Crippen LogP contribution in [-0.2, 0) is 22.9 Å². The molecule has 10 heteroatoms. The van der Waals surface area contributed by atoms with Crippen molar-refractivity contribution in [2.75, 3.05) is 33.4 Å². The van der Waals surface area contributed by atoms with Crippen molar-refractivity contribution in [3.05, 3.63) is 45.2 Å². The molecule has 0 spiro atoms. The number of likely N-dealkylation sites (tertiary alicyclic amines) is 1. The molecule has 0 saturated carbocycles. The molecular weight excluding hydrogens is 491 g/mol. The third-order valence-electron chi connectivity index (χ3n) is 6.58. The van der Waals surface area contributed by atoms with Crippen molar-refractivity contribution in [3.63, 3.8) is 0 Å². The second-order valence-corrected chi connectivity index (χ2v) is 11.8. The molecule has 198 valence electrons. The number of benzene rings is 1. The predicted octanol–water partition coefficient (Wildman–Crippen LogP) is 5.12. The Hall–Kier alpha value is -2.17. The molecule has 1 amide bonds. The summed E-state index contributed by atoms with van der Waals surface area (Å²) < 4.78 is 54.0. The maximum atomic E-state index is 13.5. The van der Waals surface area contributed by atoms with Gasteiger partial charge in [-0.25, -0.2) is 0 Å². The van der Waals surface area contributed by atoms with Crippen LogP contribution in [0, 0.1) is 5.92 Å². The van der Waals surface area contributed by atoms with Crippen LogP contribution in [0.1, 0.15) is 60.8 Å². The molecule has 1 aromatic heterocycles. The number of carbonyl (C=O) groups excluding carboxylic acids is 1. The van der Waals surface area contributed by atoms with Crippen molar-refractivity contribution in [2.45, 2.75) is 64.3 Å². The Kier molecular flexibility index (Phi) is 7.97. The lowest BCUT2D eigenvalue weighted by Crippen LogP contribution is -2.24. The molecule has 2 aliphatic rings. The van der Waals surface area contributed by atoms with Crippen molar-refractivity contribution in [3.8, 4) is 5.75 Å². The monoisotopic (exact) mass is 525 g/mol. The van der Waals surface area contributed by atoms with Gasteiger partial charge in [0.05, 0.1) is 30.4 Å². The lowest BCUT2D eigenvalue weighted by atomic mass is 9.95. The number of halogens is 3. The second kappa shape index (κ2) is 10.7. The zero-order valence-electron chi connectivity index (χ0n) is 21.2. The molecule has 6 nitrogen and oxygen atoms in total. The molecule has 4 rings (SSSR count). The van der Waals surface area contributed by atoms with Crippen LogP contribution in [-0.4, -0.2) is 54.8 Å². The maximum Gasteiger partial charge on any atom is 0.416 e. The van der Waals surface area contributed by atoms with Crippen LogP contribution in [0.4, 0.5) is 13.2 Å². The van der Waals surface area contributed by atoms with Crippen LogP contribution in [0.2, 0.25) is 0 Å². The molecule has 2 aliphatic heterocycles. The topological polar surface area (TPSA) is 56.1 Å². The Morgan fingerprint density at radius 2 is 2.03 bits per heavy atom. The van der Waals surface area contributed by atoms with Crippen LogP contribution in [0.25, 0.3) is 0 Å². The van der Waals surface area contributed by atoms with Crippen LogP contribution in [0.3, 0.4) is 0 Å². The molecule has 0 unspecified atom stereocenters. The van der Waals surface area contributed by atoms with Crippen molar-refractivity contribution < 1.29 is 27.4 Å². The number of nitrogens with zero attached hydrogens (tertiary/aromatic N) is 3. The zero-order chi connectivity index (χ0) is 26.1. The van der Waals surface area contributed by atoms with E-state index in [9.17, 15) is 18.0 Å². The minimum Gasteiger partial charge on any atom is -0.492 e. The van der Waals surface area contributed by atoms with Gasteiger partial charge in [0.15, 0.2) is 4.80 Å². The number of carbonyl (C=O) groups is 1. The summed E-state index contributed by atoms with van der Waals surface area (Å²) >= 11 is 1.37. The van der Waals surface area contributed by atoms with Crippen LogP contribution in [0.15, 0.2) is 29.4 Å². The summed E-state index contributed by atoms with van der Waals surface area (Å²) in [6, 6.07) is 3.04. The summed E-state index contributed by atoms with van der Waals surface area (Å²) in [4.78, 5) is 21.3. The Morgan fingerprint density at radius 1 is 1.25 bits per heavy atom. The van der Waals surface area contributed by atoms with Gasteiger partial charge in [-0.2, -0.15) is 18.2 Å². The van der Waals surface area contributed by atoms with Crippen LogP contribution < -0.4 is 9.54 Å². The SMILES string of the molecule is CN1CC[C@H](COc2ccc(C(F)(F)F)cc2C(=O)/N=c2\sc(C(C)(C)C)cn2C[C@H]2CCCO2)C1. The molecule has 1 aromatic carbocycles. The second-order valence-electron chi connectivity index (χ2n) is 10.8. The highest BCUT2D eigenvalue weighted by Crippen LogP contribution is 2.33. The van der Waals surface area contributed by atoms with Gasteiger partial charge in [0.2, 0.25) is 0 Å². The van der Waals surface area contributed by atoms with E-state index < -0.39 is 17.6 Å².